The largest absolute Gasteiger partial charge is 0.507 e. The van der Waals surface area contributed by atoms with Crippen LogP contribution in [0.1, 0.15) is 4.88 Å². The molecule has 0 atom stereocenters. The van der Waals surface area contributed by atoms with Gasteiger partial charge in [0.15, 0.2) is 0 Å². The average Bonchev–Trinajstić information content (AvgIpc) is 2.97. The van der Waals surface area contributed by atoms with Crippen LogP contribution >= 0.6 is 22.7 Å². The lowest BCUT2D eigenvalue weighted by molar-refractivity contribution is 0.482. The fourth-order valence-corrected chi connectivity index (χ4v) is 3.25. The summed E-state index contributed by atoms with van der Waals surface area (Å²) in [7, 11) is 0. The van der Waals surface area contributed by atoms with E-state index in [0.717, 1.165) is 25.7 Å². The summed E-state index contributed by atoms with van der Waals surface area (Å²) in [5.41, 5.74) is 0.800. The van der Waals surface area contributed by atoms with E-state index in [0.29, 0.717) is 5.75 Å². The van der Waals surface area contributed by atoms with E-state index in [1.54, 1.807) is 34.8 Å². The van der Waals surface area contributed by atoms with Gasteiger partial charge in [-0.3, -0.25) is 0 Å². The lowest BCUT2D eigenvalue weighted by Crippen LogP contribution is -1.67. The first-order valence-corrected chi connectivity index (χ1v) is 7.11. The van der Waals surface area contributed by atoms with Crippen LogP contribution in [-0.2, 0) is 0 Å². The van der Waals surface area contributed by atoms with Gasteiger partial charge in [0.25, 0.3) is 0 Å². The molecule has 1 N–H and O–H groups in total. The molecule has 18 heavy (non-hydrogen) atoms. The SMILES string of the molecule is Cc1cc2c(O)ccc(/N=N/c3cccs3)c2s1. The molecule has 0 bridgehead atoms. The minimum Gasteiger partial charge on any atom is -0.507 e. The summed E-state index contributed by atoms with van der Waals surface area (Å²) in [6.07, 6.45) is 0. The van der Waals surface area contributed by atoms with E-state index in [2.05, 4.69) is 10.2 Å². The molecule has 0 spiro atoms. The molecule has 3 aromatic rings. The molecule has 0 aliphatic heterocycles. The fourth-order valence-electron chi connectivity index (χ4n) is 1.73. The van der Waals surface area contributed by atoms with E-state index in [1.165, 1.54) is 0 Å². The lowest BCUT2D eigenvalue weighted by atomic mass is 10.2. The molecular weight excluding hydrogens is 264 g/mol. The summed E-state index contributed by atoms with van der Waals surface area (Å²) in [4.78, 5) is 1.15. The van der Waals surface area contributed by atoms with Crippen LogP contribution in [0.3, 0.4) is 0 Å². The third-order valence-electron chi connectivity index (χ3n) is 2.53. The standard InChI is InChI=1S/C13H10N2OS2/c1-8-7-9-11(16)5-4-10(13(9)18-8)14-15-12-3-2-6-17-12/h2-7,16H,1H3/b15-14+. The number of rotatable bonds is 2. The molecule has 3 nitrogen and oxygen atoms in total. The summed E-state index contributed by atoms with van der Waals surface area (Å²) in [5.74, 6) is 0.296. The van der Waals surface area contributed by atoms with E-state index in [1.807, 2.05) is 30.5 Å². The average molecular weight is 274 g/mol. The number of aromatic hydroxyl groups is 1. The molecule has 0 radical (unpaired) electrons. The zero-order chi connectivity index (χ0) is 12.5. The number of thiophene rings is 2. The van der Waals surface area contributed by atoms with Crippen molar-refractivity contribution in [1.82, 2.24) is 0 Å². The molecule has 90 valence electrons. The fraction of sp³-hybridized carbons (Fsp3) is 0.0769. The predicted molar refractivity (Wildman–Crippen MR) is 76.7 cm³/mol. The summed E-state index contributed by atoms with van der Waals surface area (Å²) >= 11 is 3.17. The molecule has 5 heteroatoms. The second kappa shape index (κ2) is 4.51. The molecule has 0 unspecified atom stereocenters. The number of phenols is 1. The van der Waals surface area contributed by atoms with Crippen molar-refractivity contribution >= 4 is 43.4 Å². The lowest BCUT2D eigenvalue weighted by Gasteiger charge is -1.97. The monoisotopic (exact) mass is 274 g/mol. The number of hydrogen-bond donors (Lipinski definition) is 1. The van der Waals surface area contributed by atoms with Crippen molar-refractivity contribution in [2.24, 2.45) is 10.2 Å². The Morgan fingerprint density at radius 3 is 2.83 bits per heavy atom. The molecule has 0 fully saturated rings. The molecular formula is C13H10N2OS2. The smallest absolute Gasteiger partial charge is 0.138 e. The Kier molecular flexibility index (Phi) is 2.85. The molecule has 0 aliphatic carbocycles. The number of aryl methyl sites for hydroxylation is 1. The van der Waals surface area contributed by atoms with Gasteiger partial charge in [-0.15, -0.1) is 32.9 Å². The Balaban J connectivity index is 2.09. The minimum absolute atomic E-state index is 0.296. The zero-order valence-electron chi connectivity index (χ0n) is 9.62. The Labute approximate surface area is 112 Å². The van der Waals surface area contributed by atoms with Gasteiger partial charge in [-0.05, 0) is 42.6 Å². The number of nitrogens with zero attached hydrogens (tertiary/aromatic N) is 2. The Hall–Kier alpha value is -1.72. The second-order valence-electron chi connectivity index (χ2n) is 3.85. The van der Waals surface area contributed by atoms with Crippen LogP contribution in [0.4, 0.5) is 10.7 Å². The van der Waals surface area contributed by atoms with Crippen LogP contribution in [-0.4, -0.2) is 5.11 Å². The van der Waals surface area contributed by atoms with Gasteiger partial charge in [0.1, 0.15) is 16.4 Å². The van der Waals surface area contributed by atoms with Crippen LogP contribution < -0.4 is 0 Å². The summed E-state index contributed by atoms with van der Waals surface area (Å²) in [6.45, 7) is 2.02. The predicted octanol–water partition coefficient (Wildman–Crippen LogP) is 5.39. The third kappa shape index (κ3) is 2.02. The molecule has 2 heterocycles. The quantitative estimate of drug-likeness (QED) is 0.625. The molecule has 0 aliphatic rings. The van der Waals surface area contributed by atoms with Crippen LogP contribution in [0.25, 0.3) is 10.1 Å². The van der Waals surface area contributed by atoms with E-state index in [4.69, 9.17) is 0 Å². The maximum atomic E-state index is 9.80. The van der Waals surface area contributed by atoms with Crippen molar-refractivity contribution < 1.29 is 5.11 Å². The minimum atomic E-state index is 0.296. The normalized spacial score (nSPS) is 11.6. The van der Waals surface area contributed by atoms with Crippen LogP contribution in [0, 0.1) is 6.92 Å². The van der Waals surface area contributed by atoms with E-state index in [9.17, 15) is 5.11 Å². The molecule has 2 aromatic heterocycles. The first-order chi connectivity index (χ1) is 8.74. The van der Waals surface area contributed by atoms with Gasteiger partial charge in [0, 0.05) is 10.3 Å². The highest BCUT2D eigenvalue weighted by Crippen LogP contribution is 2.39. The van der Waals surface area contributed by atoms with Crippen LogP contribution in [0.5, 0.6) is 5.75 Å². The highest BCUT2D eigenvalue weighted by molar-refractivity contribution is 7.19. The highest BCUT2D eigenvalue weighted by atomic mass is 32.1. The van der Waals surface area contributed by atoms with Crippen molar-refractivity contribution in [1.29, 1.82) is 0 Å². The molecule has 3 rings (SSSR count). The van der Waals surface area contributed by atoms with E-state index < -0.39 is 0 Å². The van der Waals surface area contributed by atoms with Gasteiger partial charge < -0.3 is 5.11 Å². The second-order valence-corrected chi connectivity index (χ2v) is 6.04. The number of azo groups is 1. The van der Waals surface area contributed by atoms with Crippen molar-refractivity contribution in [2.75, 3.05) is 0 Å². The Morgan fingerprint density at radius 1 is 1.17 bits per heavy atom. The first-order valence-electron chi connectivity index (χ1n) is 5.41. The summed E-state index contributed by atoms with van der Waals surface area (Å²) in [5, 5.41) is 22.0. The number of fused-ring (bicyclic) bond motifs is 1. The van der Waals surface area contributed by atoms with Crippen molar-refractivity contribution in [3.8, 4) is 5.75 Å². The van der Waals surface area contributed by atoms with Crippen molar-refractivity contribution in [3.63, 3.8) is 0 Å². The third-order valence-corrected chi connectivity index (χ3v) is 4.35. The molecule has 0 amide bonds. The van der Waals surface area contributed by atoms with E-state index >= 15 is 0 Å². The van der Waals surface area contributed by atoms with Gasteiger partial charge >= 0.3 is 0 Å². The highest BCUT2D eigenvalue weighted by Gasteiger charge is 2.08. The summed E-state index contributed by atoms with van der Waals surface area (Å²) < 4.78 is 0.979. The van der Waals surface area contributed by atoms with Gasteiger partial charge in [0.2, 0.25) is 0 Å². The first kappa shape index (κ1) is 11.4. The number of hydrogen-bond acceptors (Lipinski definition) is 5. The zero-order valence-corrected chi connectivity index (χ0v) is 11.3. The molecule has 0 saturated carbocycles. The van der Waals surface area contributed by atoms with Gasteiger partial charge in [-0.25, -0.2) is 0 Å². The maximum absolute atomic E-state index is 9.80. The summed E-state index contributed by atoms with van der Waals surface area (Å²) in [6, 6.07) is 9.30. The van der Waals surface area contributed by atoms with E-state index in [-0.39, 0.29) is 0 Å². The Bertz CT molecular complexity index is 714. The van der Waals surface area contributed by atoms with Gasteiger partial charge in [0.05, 0.1) is 4.70 Å². The van der Waals surface area contributed by atoms with Crippen molar-refractivity contribution in [3.05, 3.63) is 40.6 Å². The van der Waals surface area contributed by atoms with Gasteiger partial charge in [-0.1, -0.05) is 0 Å². The molecule has 1 aromatic carbocycles. The van der Waals surface area contributed by atoms with Crippen LogP contribution in [0.2, 0.25) is 0 Å². The maximum Gasteiger partial charge on any atom is 0.138 e. The van der Waals surface area contributed by atoms with Gasteiger partial charge in [-0.2, -0.15) is 0 Å². The topological polar surface area (TPSA) is 45.0 Å². The Morgan fingerprint density at radius 2 is 2.06 bits per heavy atom. The number of phenolic OH excluding ortho intramolecular Hbond substituents is 1. The number of benzene rings is 1. The van der Waals surface area contributed by atoms with Crippen LogP contribution in [0.15, 0.2) is 45.9 Å². The molecule has 0 saturated heterocycles. The van der Waals surface area contributed by atoms with Crippen molar-refractivity contribution in [2.45, 2.75) is 6.92 Å².